The summed E-state index contributed by atoms with van der Waals surface area (Å²) in [6.07, 6.45) is 17.4. The lowest BCUT2D eigenvalue weighted by Crippen LogP contribution is -1.82. The Morgan fingerprint density at radius 2 is 1.20 bits per heavy atom. The van der Waals surface area contributed by atoms with Crippen molar-refractivity contribution in [3.63, 3.8) is 0 Å². The van der Waals surface area contributed by atoms with Gasteiger partial charge in [-0.3, -0.25) is 0 Å². The van der Waals surface area contributed by atoms with E-state index in [0.717, 1.165) is 12.0 Å². The third-order valence-electron chi connectivity index (χ3n) is 4.38. The van der Waals surface area contributed by atoms with Gasteiger partial charge in [0.15, 0.2) is 0 Å². The van der Waals surface area contributed by atoms with Crippen LogP contribution in [0.4, 0.5) is 0 Å². The summed E-state index contributed by atoms with van der Waals surface area (Å²) in [6, 6.07) is 6.89. The first kappa shape index (κ1) is 21.2. The van der Waals surface area contributed by atoms with Crippen molar-refractivity contribution in [1.82, 2.24) is 0 Å². The monoisotopic (exact) mass is 338 g/mol. The lowest BCUT2D eigenvalue weighted by molar-refractivity contribution is 0.475. The zero-order valence-electron chi connectivity index (χ0n) is 15.9. The van der Waals surface area contributed by atoms with Gasteiger partial charge in [-0.15, -0.1) is 0 Å². The van der Waals surface area contributed by atoms with Crippen LogP contribution in [0.1, 0.15) is 96.0 Å². The second-order valence-electron chi connectivity index (χ2n) is 6.74. The molecule has 1 rings (SSSR count). The van der Waals surface area contributed by atoms with Crippen LogP contribution in [0.15, 0.2) is 24.3 Å². The molecule has 0 aliphatic carbocycles. The van der Waals surface area contributed by atoms with Gasteiger partial charge in [-0.1, -0.05) is 89.4 Å². The van der Waals surface area contributed by atoms with Gasteiger partial charge in [0.1, 0.15) is 5.75 Å². The van der Waals surface area contributed by atoms with Gasteiger partial charge < -0.3 is 5.11 Å². The fraction of sp³-hybridized carbons (Fsp3) is 0.583. The molecule has 0 aliphatic heterocycles. The Bertz CT molecular complexity index is 548. The van der Waals surface area contributed by atoms with E-state index in [1.165, 1.54) is 77.0 Å². The number of benzene rings is 1. The lowest BCUT2D eigenvalue weighted by atomic mass is 10.0. The molecule has 0 spiro atoms. The fourth-order valence-corrected chi connectivity index (χ4v) is 2.81. The van der Waals surface area contributed by atoms with Crippen molar-refractivity contribution in [2.24, 2.45) is 0 Å². The van der Waals surface area contributed by atoms with Gasteiger partial charge in [-0.05, 0) is 42.5 Å². The van der Waals surface area contributed by atoms with Crippen molar-refractivity contribution in [1.29, 1.82) is 0 Å². The van der Waals surface area contributed by atoms with E-state index in [2.05, 4.69) is 30.6 Å². The Morgan fingerprint density at radius 1 is 0.680 bits per heavy atom. The van der Waals surface area contributed by atoms with E-state index in [9.17, 15) is 5.11 Å². The third-order valence-corrected chi connectivity index (χ3v) is 4.38. The number of hydrogen-bond donors (Lipinski definition) is 1. The van der Waals surface area contributed by atoms with Gasteiger partial charge in [0.2, 0.25) is 0 Å². The van der Waals surface area contributed by atoms with Crippen LogP contribution in [0.3, 0.4) is 0 Å². The summed E-state index contributed by atoms with van der Waals surface area (Å²) in [5, 5.41) is 9.19. The van der Waals surface area contributed by atoms with E-state index in [0.29, 0.717) is 0 Å². The van der Waals surface area contributed by atoms with E-state index >= 15 is 0 Å². The molecule has 136 valence electrons. The van der Waals surface area contributed by atoms with Crippen molar-refractivity contribution < 1.29 is 5.11 Å². The minimum absolute atomic E-state index is 0.267. The third kappa shape index (κ3) is 13.1. The van der Waals surface area contributed by atoms with Crippen LogP contribution in [0.25, 0.3) is 0 Å². The molecule has 0 heterocycles. The normalized spacial score (nSPS) is 9.80. The van der Waals surface area contributed by atoms with Crippen LogP contribution < -0.4 is 0 Å². The summed E-state index contributed by atoms with van der Waals surface area (Å²) in [5.41, 5.74) is 0.887. The first-order valence-corrected chi connectivity index (χ1v) is 10.1. The lowest BCUT2D eigenvalue weighted by Gasteiger charge is -2.01. The first-order valence-electron chi connectivity index (χ1n) is 10.1. The van der Waals surface area contributed by atoms with Gasteiger partial charge in [-0.2, -0.15) is 0 Å². The van der Waals surface area contributed by atoms with Gasteiger partial charge in [0, 0.05) is 12.0 Å². The molecule has 0 radical (unpaired) electrons. The summed E-state index contributed by atoms with van der Waals surface area (Å²) in [4.78, 5) is 0. The number of phenolic OH excluding ortho intramolecular Hbond substituents is 1. The molecular formula is C24H34O. The Labute approximate surface area is 155 Å². The van der Waals surface area contributed by atoms with Crippen LogP contribution in [-0.2, 0) is 0 Å². The highest BCUT2D eigenvalue weighted by Gasteiger charge is 1.93. The molecule has 1 nitrogen and oxygen atoms in total. The molecule has 1 aromatic rings. The molecule has 0 aliphatic rings. The van der Waals surface area contributed by atoms with E-state index < -0.39 is 0 Å². The highest BCUT2D eigenvalue weighted by atomic mass is 16.3. The van der Waals surface area contributed by atoms with Gasteiger partial charge in [0.05, 0.1) is 0 Å². The number of phenols is 1. The van der Waals surface area contributed by atoms with Gasteiger partial charge in [-0.25, -0.2) is 0 Å². The maximum absolute atomic E-state index is 9.19. The minimum Gasteiger partial charge on any atom is -0.508 e. The maximum atomic E-state index is 9.19. The van der Waals surface area contributed by atoms with E-state index in [1.807, 2.05) is 0 Å². The molecule has 0 fully saturated rings. The predicted octanol–water partition coefficient (Wildman–Crippen LogP) is 6.84. The first-order chi connectivity index (χ1) is 12.3. The molecule has 0 atom stereocenters. The van der Waals surface area contributed by atoms with Crippen LogP contribution in [0.5, 0.6) is 5.75 Å². The average Bonchev–Trinajstić information content (AvgIpc) is 2.63. The molecule has 25 heavy (non-hydrogen) atoms. The SMILES string of the molecule is CCCCCCCCCCCCCCC#CC#Cc1ccc(O)cc1. The summed E-state index contributed by atoms with van der Waals surface area (Å²) >= 11 is 0. The van der Waals surface area contributed by atoms with Crippen molar-refractivity contribution in [3.05, 3.63) is 29.8 Å². The quantitative estimate of drug-likeness (QED) is 0.327. The number of rotatable bonds is 12. The van der Waals surface area contributed by atoms with Crippen molar-refractivity contribution in [2.75, 3.05) is 0 Å². The van der Waals surface area contributed by atoms with Gasteiger partial charge in [0.25, 0.3) is 0 Å². The topological polar surface area (TPSA) is 20.2 Å². The van der Waals surface area contributed by atoms with Crippen molar-refractivity contribution in [2.45, 2.75) is 90.4 Å². The zero-order chi connectivity index (χ0) is 18.0. The standard InChI is InChI=1S/C24H34O/c1-2-3-4-5-6-7-8-9-10-11-12-13-14-15-16-17-18-23-19-21-24(25)22-20-23/h19-22,25H,2-14H2,1H3. The second-order valence-corrected chi connectivity index (χ2v) is 6.74. The fourth-order valence-electron chi connectivity index (χ4n) is 2.81. The van der Waals surface area contributed by atoms with Crippen molar-refractivity contribution in [3.8, 4) is 29.4 Å². The molecule has 0 saturated heterocycles. The van der Waals surface area contributed by atoms with Crippen LogP contribution in [0.2, 0.25) is 0 Å². The van der Waals surface area contributed by atoms with Gasteiger partial charge >= 0.3 is 0 Å². The Hall–Kier alpha value is -1.86. The van der Waals surface area contributed by atoms with Crippen LogP contribution >= 0.6 is 0 Å². The smallest absolute Gasteiger partial charge is 0.115 e. The predicted molar refractivity (Wildman–Crippen MR) is 108 cm³/mol. The second kappa shape index (κ2) is 15.7. The number of hydrogen-bond acceptors (Lipinski definition) is 1. The van der Waals surface area contributed by atoms with Crippen LogP contribution in [-0.4, -0.2) is 5.11 Å². The maximum Gasteiger partial charge on any atom is 0.115 e. The zero-order valence-corrected chi connectivity index (χ0v) is 15.9. The summed E-state index contributed by atoms with van der Waals surface area (Å²) in [7, 11) is 0. The number of aromatic hydroxyl groups is 1. The number of unbranched alkanes of at least 4 members (excludes halogenated alkanes) is 12. The molecule has 1 aromatic carbocycles. The highest BCUT2D eigenvalue weighted by molar-refractivity contribution is 5.41. The molecular weight excluding hydrogens is 304 g/mol. The summed E-state index contributed by atoms with van der Waals surface area (Å²) in [6.45, 7) is 2.27. The molecule has 1 heteroatoms. The Kier molecular flexibility index (Phi) is 13.3. The average molecular weight is 339 g/mol. The molecule has 0 bridgehead atoms. The molecule has 1 N–H and O–H groups in total. The Morgan fingerprint density at radius 3 is 1.76 bits per heavy atom. The molecule has 0 saturated carbocycles. The molecule has 0 aromatic heterocycles. The summed E-state index contributed by atoms with van der Waals surface area (Å²) < 4.78 is 0. The van der Waals surface area contributed by atoms with Crippen molar-refractivity contribution >= 4 is 0 Å². The highest BCUT2D eigenvalue weighted by Crippen LogP contribution is 2.12. The minimum atomic E-state index is 0.267. The van der Waals surface area contributed by atoms with E-state index in [1.54, 1.807) is 24.3 Å². The molecule has 0 amide bonds. The van der Waals surface area contributed by atoms with E-state index in [-0.39, 0.29) is 5.75 Å². The summed E-state index contributed by atoms with van der Waals surface area (Å²) in [5.74, 6) is 12.2. The van der Waals surface area contributed by atoms with Crippen LogP contribution in [0, 0.1) is 23.7 Å². The molecule has 0 unspecified atom stereocenters. The van der Waals surface area contributed by atoms with E-state index in [4.69, 9.17) is 0 Å². The largest absolute Gasteiger partial charge is 0.508 e. The Balaban J connectivity index is 1.90.